The maximum atomic E-state index is 5.50. The zero-order valence-electron chi connectivity index (χ0n) is 11.3. The lowest BCUT2D eigenvalue weighted by molar-refractivity contribution is 0.486. The second kappa shape index (κ2) is 5.12. The fraction of sp³-hybridized carbons (Fsp3) is 0.500. The van der Waals surface area contributed by atoms with Crippen molar-refractivity contribution in [2.24, 2.45) is 7.05 Å². The zero-order valence-corrected chi connectivity index (χ0v) is 11.3. The average molecular weight is 249 g/mol. The summed E-state index contributed by atoms with van der Waals surface area (Å²) in [6.07, 6.45) is 0.831. The van der Waals surface area contributed by atoms with Crippen LogP contribution in [0.4, 0.5) is 11.9 Å². The van der Waals surface area contributed by atoms with Gasteiger partial charge in [0.2, 0.25) is 11.9 Å². The zero-order chi connectivity index (χ0) is 13.1. The van der Waals surface area contributed by atoms with E-state index < -0.39 is 0 Å². The topological polar surface area (TPSA) is 59.1 Å². The van der Waals surface area contributed by atoms with Crippen LogP contribution in [-0.4, -0.2) is 35.4 Å². The lowest BCUT2D eigenvalue weighted by Crippen LogP contribution is -2.15. The Hall–Kier alpha value is -1.98. The molecule has 2 aromatic heterocycles. The van der Waals surface area contributed by atoms with Gasteiger partial charge in [0.15, 0.2) is 0 Å². The Morgan fingerprint density at radius 2 is 2.11 bits per heavy atom. The third-order valence-corrected chi connectivity index (χ3v) is 2.70. The van der Waals surface area contributed by atoms with Crippen LogP contribution in [0.25, 0.3) is 0 Å². The van der Waals surface area contributed by atoms with Gasteiger partial charge >= 0.3 is 0 Å². The van der Waals surface area contributed by atoms with Crippen molar-refractivity contribution in [3.8, 4) is 0 Å². The molecule has 0 unspecified atom stereocenters. The van der Waals surface area contributed by atoms with Gasteiger partial charge in [-0.1, -0.05) is 0 Å². The highest BCUT2D eigenvalue weighted by molar-refractivity contribution is 5.37. The van der Waals surface area contributed by atoms with E-state index in [0.717, 1.165) is 36.4 Å². The highest BCUT2D eigenvalue weighted by Gasteiger charge is 2.09. The lowest BCUT2D eigenvalue weighted by Gasteiger charge is -2.11. The molecule has 0 saturated heterocycles. The van der Waals surface area contributed by atoms with Crippen molar-refractivity contribution in [2.75, 3.05) is 30.9 Å². The summed E-state index contributed by atoms with van der Waals surface area (Å²) in [5.74, 6) is 3.52. The van der Waals surface area contributed by atoms with Crippen LogP contribution in [0.5, 0.6) is 0 Å². The van der Waals surface area contributed by atoms with E-state index in [1.54, 1.807) is 0 Å². The summed E-state index contributed by atoms with van der Waals surface area (Å²) < 4.78 is 7.43. The first-order chi connectivity index (χ1) is 8.58. The molecule has 2 heterocycles. The second-order valence-electron chi connectivity index (χ2n) is 4.47. The van der Waals surface area contributed by atoms with E-state index in [-0.39, 0.29) is 0 Å². The lowest BCUT2D eigenvalue weighted by atomic mass is 10.3. The molecule has 6 nitrogen and oxygen atoms in total. The molecule has 0 aliphatic heterocycles. The largest absolute Gasteiger partial charge is 0.466 e. The van der Waals surface area contributed by atoms with E-state index >= 15 is 0 Å². The Labute approximate surface area is 107 Å². The molecule has 0 saturated carbocycles. The van der Waals surface area contributed by atoms with Crippen molar-refractivity contribution in [3.63, 3.8) is 0 Å². The van der Waals surface area contributed by atoms with E-state index in [9.17, 15) is 0 Å². The van der Waals surface area contributed by atoms with E-state index in [0.29, 0.717) is 0 Å². The van der Waals surface area contributed by atoms with Gasteiger partial charge in [0.25, 0.3) is 0 Å². The monoisotopic (exact) mass is 249 g/mol. The molecule has 6 heteroatoms. The van der Waals surface area contributed by atoms with Gasteiger partial charge in [0.05, 0.1) is 0 Å². The third kappa shape index (κ3) is 2.64. The first-order valence-corrected chi connectivity index (χ1v) is 5.94. The Kier molecular flexibility index (Phi) is 3.55. The highest BCUT2D eigenvalue weighted by Crippen LogP contribution is 2.12. The van der Waals surface area contributed by atoms with Crippen LogP contribution < -0.4 is 10.2 Å². The molecule has 0 aromatic carbocycles. The number of aromatic nitrogens is 3. The fourth-order valence-corrected chi connectivity index (χ4v) is 1.78. The van der Waals surface area contributed by atoms with Crippen molar-refractivity contribution in [2.45, 2.75) is 13.3 Å². The number of hydrogen-bond donors (Lipinski definition) is 1. The van der Waals surface area contributed by atoms with E-state index in [4.69, 9.17) is 4.42 Å². The molecule has 0 radical (unpaired) electrons. The summed E-state index contributed by atoms with van der Waals surface area (Å²) in [5, 5.41) is 11.4. The Morgan fingerprint density at radius 3 is 2.67 bits per heavy atom. The molecule has 18 heavy (non-hydrogen) atoms. The maximum absolute atomic E-state index is 5.50. The summed E-state index contributed by atoms with van der Waals surface area (Å²) in [6, 6.07) is 3.97. The van der Waals surface area contributed by atoms with Crippen molar-refractivity contribution < 1.29 is 4.42 Å². The average Bonchev–Trinajstić information content (AvgIpc) is 2.87. The number of furan rings is 1. The molecular formula is C12H19N5O. The van der Waals surface area contributed by atoms with Crippen molar-refractivity contribution in [3.05, 3.63) is 23.7 Å². The minimum absolute atomic E-state index is 0.766. The first-order valence-electron chi connectivity index (χ1n) is 5.94. The van der Waals surface area contributed by atoms with Crippen molar-refractivity contribution in [1.29, 1.82) is 0 Å². The molecule has 0 aliphatic carbocycles. The number of aryl methyl sites for hydroxylation is 1. The Morgan fingerprint density at radius 1 is 1.33 bits per heavy atom. The van der Waals surface area contributed by atoms with Gasteiger partial charge in [-0.25, -0.2) is 0 Å². The molecule has 0 spiro atoms. The minimum atomic E-state index is 0.766. The summed E-state index contributed by atoms with van der Waals surface area (Å²) in [5.41, 5.74) is 0. The molecule has 0 fully saturated rings. The van der Waals surface area contributed by atoms with Crippen LogP contribution >= 0.6 is 0 Å². The third-order valence-electron chi connectivity index (χ3n) is 2.70. The molecular weight excluding hydrogens is 230 g/mol. The standard InChI is InChI=1S/C12H19N5O/c1-9-5-6-10(18-9)7-8-13-11-14-15-12(16(2)3)17(11)4/h5-6H,7-8H2,1-4H3,(H,13,14). The van der Waals surface area contributed by atoms with Gasteiger partial charge in [-0.05, 0) is 19.1 Å². The SMILES string of the molecule is Cc1ccc(CCNc2nnc(N(C)C)n2C)o1. The maximum Gasteiger partial charge on any atom is 0.227 e. The molecule has 0 atom stereocenters. The summed E-state index contributed by atoms with van der Waals surface area (Å²) in [6.45, 7) is 2.72. The summed E-state index contributed by atoms with van der Waals surface area (Å²) in [7, 11) is 5.83. The fourth-order valence-electron chi connectivity index (χ4n) is 1.78. The van der Waals surface area contributed by atoms with Gasteiger partial charge in [0, 0.05) is 34.1 Å². The van der Waals surface area contributed by atoms with E-state index in [2.05, 4.69) is 15.5 Å². The number of rotatable bonds is 5. The second-order valence-corrected chi connectivity index (χ2v) is 4.47. The van der Waals surface area contributed by atoms with Crippen LogP contribution in [0.1, 0.15) is 11.5 Å². The molecule has 0 amide bonds. The van der Waals surface area contributed by atoms with Crippen LogP contribution in [0.3, 0.4) is 0 Å². The molecule has 0 bridgehead atoms. The van der Waals surface area contributed by atoms with Crippen molar-refractivity contribution >= 4 is 11.9 Å². The van der Waals surface area contributed by atoms with E-state index in [1.165, 1.54) is 0 Å². The first kappa shape index (κ1) is 12.5. The predicted octanol–water partition coefficient (Wildman–Crippen LogP) is 1.44. The smallest absolute Gasteiger partial charge is 0.227 e. The highest BCUT2D eigenvalue weighted by atomic mass is 16.3. The number of anilines is 2. The van der Waals surface area contributed by atoms with Crippen LogP contribution in [0, 0.1) is 6.92 Å². The molecule has 98 valence electrons. The van der Waals surface area contributed by atoms with Gasteiger partial charge in [-0.15, -0.1) is 10.2 Å². The minimum Gasteiger partial charge on any atom is -0.466 e. The molecule has 0 aliphatic rings. The van der Waals surface area contributed by atoms with Crippen LogP contribution in [0.2, 0.25) is 0 Å². The molecule has 2 aromatic rings. The Balaban J connectivity index is 1.90. The normalized spacial score (nSPS) is 10.7. The van der Waals surface area contributed by atoms with Gasteiger partial charge in [-0.3, -0.25) is 4.57 Å². The van der Waals surface area contributed by atoms with Gasteiger partial charge < -0.3 is 14.6 Å². The van der Waals surface area contributed by atoms with Gasteiger partial charge in [0.1, 0.15) is 11.5 Å². The summed E-state index contributed by atoms with van der Waals surface area (Å²) in [4.78, 5) is 1.92. The molecule has 2 rings (SSSR count). The number of nitrogens with zero attached hydrogens (tertiary/aromatic N) is 4. The summed E-state index contributed by atoms with van der Waals surface area (Å²) >= 11 is 0. The number of nitrogens with one attached hydrogen (secondary N) is 1. The van der Waals surface area contributed by atoms with Gasteiger partial charge in [-0.2, -0.15) is 0 Å². The molecule has 1 N–H and O–H groups in total. The Bertz CT molecular complexity index is 514. The van der Waals surface area contributed by atoms with Crippen molar-refractivity contribution in [1.82, 2.24) is 14.8 Å². The van der Waals surface area contributed by atoms with E-state index in [1.807, 2.05) is 49.7 Å². The predicted molar refractivity (Wildman–Crippen MR) is 71.0 cm³/mol. The number of hydrogen-bond acceptors (Lipinski definition) is 5. The van der Waals surface area contributed by atoms with Crippen LogP contribution in [0.15, 0.2) is 16.5 Å². The quantitative estimate of drug-likeness (QED) is 0.868. The van der Waals surface area contributed by atoms with Crippen LogP contribution in [-0.2, 0) is 13.5 Å².